The summed E-state index contributed by atoms with van der Waals surface area (Å²) in [4.78, 5) is 20.2. The Morgan fingerprint density at radius 2 is 0.727 bits per heavy atom. The number of ketones is 1. The molecule has 4 aromatic heterocycles. The molecular formula is C104H116B2Br2N4NaO15. The summed E-state index contributed by atoms with van der Waals surface area (Å²) in [6, 6.07) is 88.2. The van der Waals surface area contributed by atoms with Gasteiger partial charge in [-0.25, -0.2) is 9.97 Å². The van der Waals surface area contributed by atoms with Crippen LogP contribution in [0.5, 0.6) is 69.0 Å². The molecule has 10 aromatic carbocycles. The number of aromatic nitrogens is 4. The summed E-state index contributed by atoms with van der Waals surface area (Å²) in [5.74, 6) is 9.32. The predicted octanol–water partition coefficient (Wildman–Crippen LogP) is 19.8. The van der Waals surface area contributed by atoms with Gasteiger partial charge in [0.15, 0.2) is 5.78 Å². The Bertz CT molecular complexity index is 5680. The van der Waals surface area contributed by atoms with Crippen molar-refractivity contribution in [2.75, 3.05) is 42.7 Å². The van der Waals surface area contributed by atoms with Crippen LogP contribution >= 0.6 is 31.9 Å². The van der Waals surface area contributed by atoms with Crippen molar-refractivity contribution < 1.29 is 103 Å². The van der Waals surface area contributed by atoms with Crippen molar-refractivity contribution in [3.63, 3.8) is 0 Å². The van der Waals surface area contributed by atoms with Crippen LogP contribution in [0.3, 0.4) is 0 Å². The van der Waals surface area contributed by atoms with E-state index in [1.165, 1.54) is 61.4 Å². The molecule has 24 heteroatoms. The number of methoxy groups -OCH3 is 6. The number of phenolic OH excluding ortho intramolecular Hbond substituents is 2. The molecule has 0 atom stereocenters. The Labute approximate surface area is 797 Å². The van der Waals surface area contributed by atoms with Crippen molar-refractivity contribution in [3.05, 3.63) is 360 Å². The summed E-state index contributed by atoms with van der Waals surface area (Å²) in [5.41, 5.74) is 17.1. The molecule has 663 valence electrons. The fourth-order valence-corrected chi connectivity index (χ4v) is 14.0. The molecule has 0 saturated heterocycles. The van der Waals surface area contributed by atoms with Gasteiger partial charge in [0.25, 0.3) is 0 Å². The van der Waals surface area contributed by atoms with Crippen LogP contribution in [0.15, 0.2) is 282 Å². The van der Waals surface area contributed by atoms with Gasteiger partial charge < -0.3 is 78.2 Å². The largest absolute Gasteiger partial charge is 1.00 e. The summed E-state index contributed by atoms with van der Waals surface area (Å²) >= 11 is 6.87. The Morgan fingerprint density at radius 3 is 1.11 bits per heavy atom. The molecule has 128 heavy (non-hydrogen) atoms. The van der Waals surface area contributed by atoms with Crippen molar-refractivity contribution in [1.82, 2.24) is 19.1 Å². The molecule has 0 aliphatic rings. The minimum atomic E-state index is -1.56. The zero-order valence-electron chi connectivity index (χ0n) is 77.3. The second kappa shape index (κ2) is 55.2. The Balaban J connectivity index is 0.000000273. The van der Waals surface area contributed by atoms with E-state index in [1.807, 2.05) is 172 Å². The summed E-state index contributed by atoms with van der Waals surface area (Å²) in [7, 11) is 8.04. The molecule has 3 radical (unpaired) electrons. The first-order valence-corrected chi connectivity index (χ1v) is 43.1. The van der Waals surface area contributed by atoms with Crippen LogP contribution in [0.2, 0.25) is 0 Å². The van der Waals surface area contributed by atoms with Gasteiger partial charge in [0.2, 0.25) is 0 Å². The number of hydrogen-bond acceptors (Lipinski definition) is 17. The minimum absolute atomic E-state index is 0. The van der Waals surface area contributed by atoms with Gasteiger partial charge in [0.1, 0.15) is 112 Å². The summed E-state index contributed by atoms with van der Waals surface area (Å²) in [6.45, 7) is 22.2. The molecule has 19 nitrogen and oxygen atoms in total. The zero-order valence-corrected chi connectivity index (χ0v) is 81.5. The number of halogens is 2. The fraction of sp³-hybridized carbons (Fsp3) is 0.240. The van der Waals surface area contributed by atoms with Crippen LogP contribution in [0.1, 0.15) is 126 Å². The summed E-state index contributed by atoms with van der Waals surface area (Å²) in [6.07, 6.45) is 4.31. The average molecular weight is 1870 g/mol. The van der Waals surface area contributed by atoms with Gasteiger partial charge in [-0.15, -0.1) is 0 Å². The van der Waals surface area contributed by atoms with E-state index >= 15 is 0 Å². The van der Waals surface area contributed by atoms with Crippen LogP contribution in [0.4, 0.5) is 0 Å². The number of hydrogen-bond donors (Lipinski definition) is 4. The number of carbonyl (C=O) groups is 1. The molecule has 14 rings (SSSR count). The number of phenols is 2. The van der Waals surface area contributed by atoms with E-state index < -0.39 is 7.12 Å². The molecule has 0 aliphatic carbocycles. The standard InChI is InChI=1S/C27H28N2O2.C16H19BO4.C16H17BrO2.C16H18O2.C11H11BrN2.C9H10O3.C9H12O2.B.Na.H/c1-5-22-16-23(24-12-9-13-27(28-24)29-19(2)14-15-20(29)3)26(30-4)17-25(22)31-18-21-10-7-6-8-11-21;1-3-13-9-14(17(18)19)16(20-2)10-15(13)21-11-12-7-5-4-6-8-12;1-3-13-9-14(17)16(18-2)10-15(13)19-11-12-7-5-4-6-8-12;1-3-14-9-10-15(17-2)11-16(14)18-12-13-7-5-4-6-8-13;1-8-6-7-9(2)14(8)11-5-3-4-10(12)13-11;1-6(10)8-4-3-7(12-2)5-9(8)11;1-3-7-4-5-8(11-2)6-9(7)10;;;/h6-17H,5,18H2,1-4H3;4-10,18-19H,3,11H2,1-2H3;4-10H,3,11H2,1-2H3;4-11H,3,12H2,1-2H3;3-7H,1-2H3;3-5,11H,1-2H3;4-6,10H,3H2,1-2H3;;;/q;;;;;;;;+1;-1. The number of rotatable bonds is 28. The first kappa shape index (κ1) is 105. The number of benzene rings is 10. The van der Waals surface area contributed by atoms with E-state index in [9.17, 15) is 25.1 Å². The maximum absolute atomic E-state index is 10.9. The number of aromatic hydroxyl groups is 2. The second-order valence-electron chi connectivity index (χ2n) is 28.7. The molecule has 0 saturated carbocycles. The minimum Gasteiger partial charge on any atom is -1.00 e. The average Bonchev–Trinajstić information content (AvgIpc) is 1.56. The maximum atomic E-state index is 10.9. The number of ether oxygens (including phenoxy) is 10. The molecule has 4 N–H and O–H groups in total. The maximum Gasteiger partial charge on any atom is 1.00 e. The van der Waals surface area contributed by atoms with Gasteiger partial charge in [-0.05, 0) is 234 Å². The van der Waals surface area contributed by atoms with E-state index in [2.05, 4.69) is 173 Å². The van der Waals surface area contributed by atoms with E-state index in [0.29, 0.717) is 66.2 Å². The first-order chi connectivity index (χ1) is 60.9. The van der Waals surface area contributed by atoms with E-state index in [-0.39, 0.29) is 50.9 Å². The Morgan fingerprint density at radius 1 is 0.367 bits per heavy atom. The first-order valence-electron chi connectivity index (χ1n) is 41.6. The van der Waals surface area contributed by atoms with Crippen molar-refractivity contribution in [2.24, 2.45) is 0 Å². The van der Waals surface area contributed by atoms with Gasteiger partial charge in [0.05, 0.1) is 58.4 Å². The molecular weight excluding hydrogens is 1750 g/mol. The van der Waals surface area contributed by atoms with Crippen molar-refractivity contribution in [1.29, 1.82) is 0 Å². The van der Waals surface area contributed by atoms with Gasteiger partial charge in [-0.1, -0.05) is 186 Å². The van der Waals surface area contributed by atoms with Crippen molar-refractivity contribution >= 4 is 58.6 Å². The van der Waals surface area contributed by atoms with E-state index in [4.69, 9.17) is 52.4 Å². The van der Waals surface area contributed by atoms with Crippen LogP contribution in [0.25, 0.3) is 22.9 Å². The fourth-order valence-electron chi connectivity index (χ4n) is 13.2. The van der Waals surface area contributed by atoms with Gasteiger partial charge >= 0.3 is 36.7 Å². The van der Waals surface area contributed by atoms with Crippen molar-refractivity contribution in [3.8, 4) is 91.9 Å². The monoisotopic (exact) mass is 1860 g/mol. The van der Waals surface area contributed by atoms with Crippen molar-refractivity contribution in [2.45, 2.75) is 128 Å². The molecule has 0 aliphatic heterocycles. The third-order valence-electron chi connectivity index (χ3n) is 20.1. The smallest absolute Gasteiger partial charge is 1.00 e. The topological polar surface area (TPSA) is 226 Å². The number of aryl methyl sites for hydroxylation is 9. The number of carbonyl (C=O) groups excluding carboxylic acids is 1. The summed E-state index contributed by atoms with van der Waals surface area (Å²) < 4.78 is 61.2. The van der Waals surface area contributed by atoms with Crippen LogP contribution in [-0.2, 0) is 58.5 Å². The quantitative estimate of drug-likeness (QED) is 0.0203. The third kappa shape index (κ3) is 31.7. The molecule has 14 aromatic rings. The normalized spacial score (nSPS) is 10.1. The van der Waals surface area contributed by atoms with Crippen LogP contribution in [0, 0.1) is 27.7 Å². The number of Topliss-reactive ketones (excluding diaryl/α,β-unsaturated/α-hetero) is 1. The third-order valence-corrected chi connectivity index (χ3v) is 21.2. The molecule has 4 heterocycles. The predicted molar refractivity (Wildman–Crippen MR) is 518 cm³/mol. The van der Waals surface area contributed by atoms with E-state index in [0.717, 1.165) is 143 Å². The molecule has 0 bridgehead atoms. The van der Waals surface area contributed by atoms with Crippen LogP contribution < -0.4 is 82.4 Å². The molecule has 0 fully saturated rings. The Hall–Kier alpha value is -11.7. The second-order valence-corrected chi connectivity index (χ2v) is 30.4. The zero-order chi connectivity index (χ0) is 91.0. The van der Waals surface area contributed by atoms with Gasteiger partial charge in [0, 0.05) is 78.6 Å². The van der Waals surface area contributed by atoms with E-state index in [1.54, 1.807) is 52.7 Å². The Kier molecular flexibility index (Phi) is 45.3. The molecule has 0 spiro atoms. The molecule has 0 amide bonds. The molecule has 0 unspecified atom stereocenters. The number of nitrogens with zero attached hydrogens (tertiary/aromatic N) is 4. The van der Waals surface area contributed by atoms with Gasteiger partial charge in [-0.2, -0.15) is 0 Å². The SMILES string of the molecule is CCc1cc(-c2cccc(-n3c(C)ccc3C)n2)c(OC)cc1OCc1ccccc1.CCc1cc(B(O)O)c(OC)cc1OCc1ccccc1.CCc1cc(Br)c(OC)cc1OCc1ccccc1.CCc1ccc(OC)cc1O.CCc1ccc(OC)cc1OCc1ccccc1.COc1ccc(C(C)=O)c(O)c1.Cc1ccc(C)n1-c1cccc(Br)n1.[B].[H-].[Na+]. The number of pyridine rings is 2. The van der Waals surface area contributed by atoms with Gasteiger partial charge in [-0.3, -0.25) is 4.79 Å². The van der Waals surface area contributed by atoms with Crippen LogP contribution in [-0.4, -0.2) is 103 Å². The summed E-state index contributed by atoms with van der Waals surface area (Å²) in [5, 5.41) is 37.4.